The van der Waals surface area contributed by atoms with Crippen LogP contribution < -0.4 is 4.74 Å². The largest absolute Gasteiger partial charge is 0.493 e. The molecule has 2 aromatic rings. The topological polar surface area (TPSA) is 29.5 Å². The van der Waals surface area contributed by atoms with Crippen molar-refractivity contribution in [2.75, 3.05) is 13.7 Å². The molecule has 22 heavy (non-hydrogen) atoms. The van der Waals surface area contributed by atoms with E-state index in [1.165, 1.54) is 11.1 Å². The Kier molecular flexibility index (Phi) is 3.23. The summed E-state index contributed by atoms with van der Waals surface area (Å²) < 4.78 is 5.76. The van der Waals surface area contributed by atoms with E-state index in [9.17, 15) is 4.79 Å². The first-order valence-electron chi connectivity index (χ1n) is 7.81. The number of rotatable bonds is 2. The maximum atomic E-state index is 12.3. The second-order valence-corrected chi connectivity index (χ2v) is 6.09. The van der Waals surface area contributed by atoms with Crippen LogP contribution in [0.2, 0.25) is 0 Å². The minimum Gasteiger partial charge on any atom is -0.493 e. The fourth-order valence-electron chi connectivity index (χ4n) is 3.76. The molecule has 0 fully saturated rings. The summed E-state index contributed by atoms with van der Waals surface area (Å²) in [5.41, 5.74) is 3.28. The molecule has 0 amide bonds. The highest BCUT2D eigenvalue weighted by Gasteiger charge is 2.36. The predicted molar refractivity (Wildman–Crippen MR) is 85.2 cm³/mol. The summed E-state index contributed by atoms with van der Waals surface area (Å²) in [4.78, 5) is 14.6. The van der Waals surface area contributed by atoms with E-state index in [0.29, 0.717) is 12.5 Å². The molecule has 1 aliphatic heterocycles. The van der Waals surface area contributed by atoms with Crippen molar-refractivity contribution in [2.45, 2.75) is 24.9 Å². The SMILES string of the molecule is CN(C1CCOc2ccccc21)C1CC(=O)c2ccccc21. The molecule has 0 bridgehead atoms. The number of fused-ring (bicyclic) bond motifs is 2. The molecule has 1 aliphatic carbocycles. The molecule has 0 saturated heterocycles. The highest BCUT2D eigenvalue weighted by molar-refractivity contribution is 6.01. The second-order valence-electron chi connectivity index (χ2n) is 6.09. The minimum absolute atomic E-state index is 0.167. The van der Waals surface area contributed by atoms with E-state index in [0.717, 1.165) is 24.3 Å². The summed E-state index contributed by atoms with van der Waals surface area (Å²) in [7, 11) is 2.13. The van der Waals surface area contributed by atoms with Gasteiger partial charge in [-0.25, -0.2) is 0 Å². The summed E-state index contributed by atoms with van der Waals surface area (Å²) in [5, 5.41) is 0. The van der Waals surface area contributed by atoms with Gasteiger partial charge in [-0.1, -0.05) is 42.5 Å². The lowest BCUT2D eigenvalue weighted by atomic mass is 9.96. The molecule has 3 nitrogen and oxygen atoms in total. The molecule has 112 valence electrons. The predicted octanol–water partition coefficient (Wildman–Crippen LogP) is 3.77. The van der Waals surface area contributed by atoms with Gasteiger partial charge in [-0.3, -0.25) is 9.69 Å². The molecule has 0 N–H and O–H groups in total. The Morgan fingerprint density at radius 2 is 1.73 bits per heavy atom. The van der Waals surface area contributed by atoms with Gasteiger partial charge in [0.1, 0.15) is 5.75 Å². The minimum atomic E-state index is 0.167. The Labute approximate surface area is 130 Å². The molecule has 2 aliphatic rings. The van der Waals surface area contributed by atoms with Crippen LogP contribution in [0, 0.1) is 0 Å². The monoisotopic (exact) mass is 293 g/mol. The number of ether oxygens (including phenoxy) is 1. The van der Waals surface area contributed by atoms with Crippen LogP contribution >= 0.6 is 0 Å². The number of hydrogen-bond donors (Lipinski definition) is 0. The van der Waals surface area contributed by atoms with Crippen LogP contribution in [0.3, 0.4) is 0 Å². The lowest BCUT2D eigenvalue weighted by molar-refractivity contribution is 0.0908. The third-order valence-corrected chi connectivity index (χ3v) is 4.91. The molecule has 1 heterocycles. The molecule has 0 radical (unpaired) electrons. The van der Waals surface area contributed by atoms with E-state index in [4.69, 9.17) is 4.74 Å². The fourth-order valence-corrected chi connectivity index (χ4v) is 3.76. The zero-order valence-corrected chi connectivity index (χ0v) is 12.7. The molecule has 0 aromatic heterocycles. The third kappa shape index (κ3) is 2.04. The van der Waals surface area contributed by atoms with Crippen LogP contribution in [0.15, 0.2) is 48.5 Å². The van der Waals surface area contributed by atoms with Gasteiger partial charge in [-0.05, 0) is 18.7 Å². The van der Waals surface area contributed by atoms with E-state index in [2.05, 4.69) is 30.1 Å². The number of Topliss-reactive ketones (excluding diaryl/α,β-unsaturated/α-hetero) is 1. The normalized spacial score (nSPS) is 23.1. The first kappa shape index (κ1) is 13.5. The molecule has 2 aromatic carbocycles. The van der Waals surface area contributed by atoms with Gasteiger partial charge in [-0.15, -0.1) is 0 Å². The van der Waals surface area contributed by atoms with Crippen LogP contribution in [0.4, 0.5) is 0 Å². The Balaban J connectivity index is 1.69. The molecular formula is C19H19NO2. The zero-order valence-electron chi connectivity index (χ0n) is 12.7. The van der Waals surface area contributed by atoms with E-state index in [-0.39, 0.29) is 11.8 Å². The van der Waals surface area contributed by atoms with Crippen LogP contribution in [0.5, 0.6) is 5.75 Å². The van der Waals surface area contributed by atoms with E-state index in [1.807, 2.05) is 30.3 Å². The molecule has 0 spiro atoms. The molecule has 3 heteroatoms. The van der Waals surface area contributed by atoms with Crippen molar-refractivity contribution in [3.05, 3.63) is 65.2 Å². The van der Waals surface area contributed by atoms with Gasteiger partial charge in [0.2, 0.25) is 0 Å². The third-order valence-electron chi connectivity index (χ3n) is 4.91. The number of hydrogen-bond acceptors (Lipinski definition) is 3. The molecule has 2 unspecified atom stereocenters. The first-order chi connectivity index (χ1) is 10.8. The van der Waals surface area contributed by atoms with E-state index < -0.39 is 0 Å². The Morgan fingerprint density at radius 3 is 2.59 bits per heavy atom. The van der Waals surface area contributed by atoms with Crippen molar-refractivity contribution >= 4 is 5.78 Å². The molecule has 2 atom stereocenters. The van der Waals surface area contributed by atoms with Gasteiger partial charge in [0.05, 0.1) is 6.61 Å². The summed E-state index contributed by atoms with van der Waals surface area (Å²) in [6, 6.07) is 16.7. The maximum Gasteiger partial charge on any atom is 0.165 e. The lowest BCUT2D eigenvalue weighted by Gasteiger charge is -2.36. The van der Waals surface area contributed by atoms with Crippen LogP contribution in [-0.2, 0) is 0 Å². The fraction of sp³-hybridized carbons (Fsp3) is 0.316. The van der Waals surface area contributed by atoms with Gasteiger partial charge >= 0.3 is 0 Å². The number of ketones is 1. The zero-order chi connectivity index (χ0) is 15.1. The van der Waals surface area contributed by atoms with E-state index in [1.54, 1.807) is 0 Å². The average molecular weight is 293 g/mol. The van der Waals surface area contributed by atoms with Crippen molar-refractivity contribution in [3.63, 3.8) is 0 Å². The lowest BCUT2D eigenvalue weighted by Crippen LogP contribution is -2.32. The van der Waals surface area contributed by atoms with Gasteiger partial charge in [-0.2, -0.15) is 0 Å². The Hall–Kier alpha value is -2.13. The van der Waals surface area contributed by atoms with Crippen LogP contribution in [0.25, 0.3) is 0 Å². The number of carbonyl (C=O) groups is 1. The van der Waals surface area contributed by atoms with Gasteiger partial charge < -0.3 is 4.74 Å². The highest BCUT2D eigenvalue weighted by Crippen LogP contribution is 2.43. The van der Waals surface area contributed by atoms with Crippen molar-refractivity contribution in [1.82, 2.24) is 4.90 Å². The smallest absolute Gasteiger partial charge is 0.165 e. The molecular weight excluding hydrogens is 274 g/mol. The Bertz CT molecular complexity index is 725. The quantitative estimate of drug-likeness (QED) is 0.844. The van der Waals surface area contributed by atoms with Gasteiger partial charge in [0.25, 0.3) is 0 Å². The molecule has 0 saturated carbocycles. The van der Waals surface area contributed by atoms with E-state index >= 15 is 0 Å². The standard InChI is InChI=1S/C19H19NO2/c1-20(16-10-11-22-19-9-5-4-8-15(16)19)17-12-18(21)14-7-3-2-6-13(14)17/h2-9,16-17H,10-12H2,1H3. The van der Waals surface area contributed by atoms with Crippen molar-refractivity contribution in [1.29, 1.82) is 0 Å². The Morgan fingerprint density at radius 1 is 1.00 bits per heavy atom. The summed E-state index contributed by atoms with van der Waals surface area (Å²) in [6.07, 6.45) is 1.54. The van der Waals surface area contributed by atoms with Crippen molar-refractivity contribution < 1.29 is 9.53 Å². The summed E-state index contributed by atoms with van der Waals surface area (Å²) in [5.74, 6) is 1.23. The van der Waals surface area contributed by atoms with Crippen LogP contribution in [0.1, 0.15) is 46.4 Å². The second kappa shape index (κ2) is 5.25. The number of para-hydroxylation sites is 1. The number of benzene rings is 2. The van der Waals surface area contributed by atoms with Gasteiger partial charge in [0.15, 0.2) is 5.78 Å². The highest BCUT2D eigenvalue weighted by atomic mass is 16.5. The summed E-state index contributed by atoms with van der Waals surface area (Å²) in [6.45, 7) is 0.730. The van der Waals surface area contributed by atoms with Crippen molar-refractivity contribution in [3.8, 4) is 5.75 Å². The average Bonchev–Trinajstić information content (AvgIpc) is 2.91. The maximum absolute atomic E-state index is 12.3. The first-order valence-corrected chi connectivity index (χ1v) is 7.81. The van der Waals surface area contributed by atoms with Gasteiger partial charge in [0, 0.05) is 36.1 Å². The van der Waals surface area contributed by atoms with Crippen molar-refractivity contribution in [2.24, 2.45) is 0 Å². The van der Waals surface area contributed by atoms with Crippen LogP contribution in [-0.4, -0.2) is 24.3 Å². The summed E-state index contributed by atoms with van der Waals surface area (Å²) >= 11 is 0. The number of carbonyl (C=O) groups excluding carboxylic acids is 1. The molecule has 4 rings (SSSR count). The number of nitrogens with zero attached hydrogens (tertiary/aromatic N) is 1.